The van der Waals surface area contributed by atoms with E-state index < -0.39 is 17.6 Å². The molecule has 1 atom stereocenters. The van der Waals surface area contributed by atoms with E-state index in [1.54, 1.807) is 7.05 Å². The number of nitrogens with one attached hydrogen (secondary N) is 1. The van der Waals surface area contributed by atoms with Crippen LogP contribution in [0.4, 0.5) is 18.9 Å². The smallest absolute Gasteiger partial charge is 0.324 e. The van der Waals surface area contributed by atoms with Crippen molar-refractivity contribution in [1.82, 2.24) is 4.90 Å². The van der Waals surface area contributed by atoms with Crippen molar-refractivity contribution in [1.29, 1.82) is 0 Å². The van der Waals surface area contributed by atoms with Crippen molar-refractivity contribution in [3.05, 3.63) is 64.2 Å². The van der Waals surface area contributed by atoms with E-state index in [4.69, 9.17) is 11.6 Å². The van der Waals surface area contributed by atoms with Gasteiger partial charge in [-0.3, -0.25) is 9.69 Å². The van der Waals surface area contributed by atoms with Gasteiger partial charge in [-0.1, -0.05) is 35.9 Å². The number of nitrogens with zero attached hydrogens (tertiary/aromatic N) is 1. The Morgan fingerprint density at radius 2 is 2.00 bits per heavy atom. The van der Waals surface area contributed by atoms with Gasteiger partial charge in [0.25, 0.3) is 0 Å². The van der Waals surface area contributed by atoms with E-state index in [1.165, 1.54) is 23.3 Å². The van der Waals surface area contributed by atoms with E-state index in [0.717, 1.165) is 18.9 Å². The van der Waals surface area contributed by atoms with Crippen molar-refractivity contribution in [3.63, 3.8) is 0 Å². The second-order valence-corrected chi connectivity index (χ2v) is 6.84. The van der Waals surface area contributed by atoms with Crippen LogP contribution in [-0.4, -0.2) is 24.4 Å². The summed E-state index contributed by atoms with van der Waals surface area (Å²) in [5, 5.41) is 2.33. The Balaban J connectivity index is 1.70. The highest BCUT2D eigenvalue weighted by molar-refractivity contribution is 6.30. The largest absolute Gasteiger partial charge is 0.418 e. The number of amides is 1. The Bertz CT molecular complexity index is 823. The predicted molar refractivity (Wildman–Crippen MR) is 95.2 cm³/mol. The Labute approximate surface area is 154 Å². The highest BCUT2D eigenvalue weighted by Gasteiger charge is 2.34. The molecule has 1 amide bonds. The Hall–Kier alpha value is -2.05. The number of benzene rings is 2. The molecule has 1 unspecified atom stereocenters. The van der Waals surface area contributed by atoms with Crippen LogP contribution < -0.4 is 5.32 Å². The molecular weight excluding hydrogens is 365 g/mol. The van der Waals surface area contributed by atoms with Crippen molar-refractivity contribution in [2.75, 3.05) is 18.9 Å². The lowest BCUT2D eigenvalue weighted by Gasteiger charge is -2.25. The number of likely N-dealkylation sites (N-methyl/N-ethyl adjacent to an activating group) is 1. The molecule has 1 aliphatic rings. The molecule has 0 bridgehead atoms. The minimum atomic E-state index is -4.59. The third-order valence-electron chi connectivity index (χ3n) is 4.59. The lowest BCUT2D eigenvalue weighted by atomic mass is 10.1. The molecular formula is C19H18ClF3N2O. The standard InChI is InChI=1S/C19H18ClF3N2O/c1-25(17-9-6-12-4-2-3-5-14(12)17)11-18(26)24-16-8-7-13(20)10-15(16)19(21,22)23/h2-5,7-8,10,17H,6,9,11H2,1H3,(H,24,26). The Morgan fingerprint density at radius 1 is 1.27 bits per heavy atom. The fourth-order valence-corrected chi connectivity index (χ4v) is 3.55. The van der Waals surface area contributed by atoms with Gasteiger partial charge in [-0.15, -0.1) is 0 Å². The van der Waals surface area contributed by atoms with Gasteiger partial charge in [0.15, 0.2) is 0 Å². The predicted octanol–water partition coefficient (Wildman–Crippen LogP) is 4.92. The number of fused-ring (bicyclic) bond motifs is 1. The van der Waals surface area contributed by atoms with E-state index in [9.17, 15) is 18.0 Å². The lowest BCUT2D eigenvalue weighted by molar-refractivity contribution is -0.137. The molecule has 0 fully saturated rings. The van der Waals surface area contributed by atoms with Gasteiger partial charge in [0.05, 0.1) is 17.8 Å². The summed E-state index contributed by atoms with van der Waals surface area (Å²) in [7, 11) is 1.80. The molecule has 0 radical (unpaired) electrons. The third-order valence-corrected chi connectivity index (χ3v) is 4.82. The van der Waals surface area contributed by atoms with Crippen LogP contribution in [0.25, 0.3) is 0 Å². The highest BCUT2D eigenvalue weighted by atomic mass is 35.5. The zero-order valence-corrected chi connectivity index (χ0v) is 14.9. The average molecular weight is 383 g/mol. The molecule has 3 nitrogen and oxygen atoms in total. The maximum Gasteiger partial charge on any atom is 0.418 e. The van der Waals surface area contributed by atoms with Gasteiger partial charge < -0.3 is 5.32 Å². The van der Waals surface area contributed by atoms with Gasteiger partial charge in [0, 0.05) is 11.1 Å². The van der Waals surface area contributed by atoms with Crippen LogP contribution in [0.3, 0.4) is 0 Å². The number of carbonyl (C=O) groups excluding carboxylic acids is 1. The van der Waals surface area contributed by atoms with Crippen LogP contribution in [0.15, 0.2) is 42.5 Å². The van der Waals surface area contributed by atoms with Gasteiger partial charge in [-0.2, -0.15) is 13.2 Å². The molecule has 0 aliphatic heterocycles. The summed E-state index contributed by atoms with van der Waals surface area (Å²) >= 11 is 5.66. The van der Waals surface area contributed by atoms with Crippen LogP contribution in [0.2, 0.25) is 5.02 Å². The molecule has 138 valence electrons. The molecule has 0 saturated heterocycles. The molecule has 0 heterocycles. The van der Waals surface area contributed by atoms with Gasteiger partial charge >= 0.3 is 6.18 Å². The van der Waals surface area contributed by atoms with Gasteiger partial charge in [-0.25, -0.2) is 0 Å². The van der Waals surface area contributed by atoms with E-state index in [-0.39, 0.29) is 23.3 Å². The molecule has 26 heavy (non-hydrogen) atoms. The fourth-order valence-electron chi connectivity index (χ4n) is 3.38. The maximum absolute atomic E-state index is 13.1. The zero-order valence-electron chi connectivity index (χ0n) is 14.1. The number of anilines is 1. The summed E-state index contributed by atoms with van der Waals surface area (Å²) in [5.41, 5.74) is 1.19. The van der Waals surface area contributed by atoms with Crippen molar-refractivity contribution in [2.24, 2.45) is 0 Å². The van der Waals surface area contributed by atoms with E-state index in [1.807, 2.05) is 23.1 Å². The van der Waals surface area contributed by atoms with Crippen LogP contribution in [0.5, 0.6) is 0 Å². The summed E-state index contributed by atoms with van der Waals surface area (Å²) in [6.07, 6.45) is -2.77. The number of rotatable bonds is 4. The first-order valence-corrected chi connectivity index (χ1v) is 8.58. The summed E-state index contributed by atoms with van der Waals surface area (Å²) in [5.74, 6) is -0.496. The average Bonchev–Trinajstić information content (AvgIpc) is 2.99. The number of hydrogen-bond acceptors (Lipinski definition) is 2. The number of hydrogen-bond donors (Lipinski definition) is 1. The monoisotopic (exact) mass is 382 g/mol. The molecule has 2 aromatic rings. The normalized spacial score (nSPS) is 16.6. The van der Waals surface area contributed by atoms with Gasteiger partial charge in [0.1, 0.15) is 0 Å². The molecule has 1 N–H and O–H groups in total. The minimum Gasteiger partial charge on any atom is -0.324 e. The number of carbonyl (C=O) groups is 1. The molecule has 0 saturated carbocycles. The van der Waals surface area contributed by atoms with Gasteiger partial charge in [-0.05, 0) is 49.2 Å². The first-order valence-electron chi connectivity index (χ1n) is 8.20. The lowest BCUT2D eigenvalue weighted by Crippen LogP contribution is -2.33. The first-order chi connectivity index (χ1) is 12.3. The van der Waals surface area contributed by atoms with Crippen molar-refractivity contribution >= 4 is 23.2 Å². The highest BCUT2D eigenvalue weighted by Crippen LogP contribution is 2.37. The summed E-state index contributed by atoms with van der Waals surface area (Å²) in [6, 6.07) is 11.4. The maximum atomic E-state index is 13.1. The summed E-state index contributed by atoms with van der Waals surface area (Å²) in [6.45, 7) is -0.00107. The second-order valence-electron chi connectivity index (χ2n) is 6.40. The van der Waals surface area contributed by atoms with Crippen molar-refractivity contribution in [3.8, 4) is 0 Å². The quantitative estimate of drug-likeness (QED) is 0.814. The van der Waals surface area contributed by atoms with Crippen LogP contribution in [0.1, 0.15) is 29.2 Å². The molecule has 2 aromatic carbocycles. The minimum absolute atomic E-state index is 0.00107. The van der Waals surface area contributed by atoms with E-state index in [0.29, 0.717) is 0 Å². The molecule has 1 aliphatic carbocycles. The first kappa shape index (κ1) is 18.7. The number of alkyl halides is 3. The molecule has 7 heteroatoms. The topological polar surface area (TPSA) is 32.3 Å². The summed E-state index contributed by atoms with van der Waals surface area (Å²) in [4.78, 5) is 14.2. The fraction of sp³-hybridized carbons (Fsp3) is 0.316. The van der Waals surface area contributed by atoms with Crippen LogP contribution in [0, 0.1) is 0 Å². The molecule has 0 spiro atoms. The third kappa shape index (κ3) is 4.02. The van der Waals surface area contributed by atoms with E-state index >= 15 is 0 Å². The van der Waals surface area contributed by atoms with E-state index in [2.05, 4.69) is 11.4 Å². The Kier molecular flexibility index (Phi) is 5.25. The number of halogens is 4. The zero-order chi connectivity index (χ0) is 18.9. The SMILES string of the molecule is CN(CC(=O)Nc1ccc(Cl)cc1C(F)(F)F)C1CCc2ccccc21. The summed E-state index contributed by atoms with van der Waals surface area (Å²) < 4.78 is 39.4. The Morgan fingerprint density at radius 3 is 2.73 bits per heavy atom. The van der Waals surface area contributed by atoms with Crippen molar-refractivity contribution in [2.45, 2.75) is 25.1 Å². The second kappa shape index (κ2) is 7.29. The van der Waals surface area contributed by atoms with Gasteiger partial charge in [0.2, 0.25) is 5.91 Å². The van der Waals surface area contributed by atoms with Crippen LogP contribution >= 0.6 is 11.6 Å². The van der Waals surface area contributed by atoms with Crippen molar-refractivity contribution < 1.29 is 18.0 Å². The van der Waals surface area contributed by atoms with Crippen LogP contribution in [-0.2, 0) is 17.4 Å². The molecule has 3 rings (SSSR count). The molecule has 0 aromatic heterocycles. The number of aryl methyl sites for hydroxylation is 1.